The SMILES string of the molecule is Cc1ccc(C)c(-n2c(C)nnc2SCC(=O)NC2CCN(C(=O)c3ccco3)CC2)c1. The first-order valence-electron chi connectivity index (χ1n) is 10.7. The lowest BCUT2D eigenvalue weighted by Crippen LogP contribution is -2.46. The summed E-state index contributed by atoms with van der Waals surface area (Å²) in [6.07, 6.45) is 2.95. The average molecular weight is 454 g/mol. The van der Waals surface area contributed by atoms with Crippen LogP contribution in [0.4, 0.5) is 0 Å². The first-order valence-corrected chi connectivity index (χ1v) is 11.7. The predicted octanol–water partition coefficient (Wildman–Crippen LogP) is 3.30. The van der Waals surface area contributed by atoms with Gasteiger partial charge in [-0.2, -0.15) is 0 Å². The van der Waals surface area contributed by atoms with Crippen LogP contribution < -0.4 is 5.32 Å². The van der Waals surface area contributed by atoms with E-state index >= 15 is 0 Å². The van der Waals surface area contributed by atoms with Gasteiger partial charge in [0.15, 0.2) is 10.9 Å². The molecule has 4 rings (SSSR count). The molecule has 1 fully saturated rings. The lowest BCUT2D eigenvalue weighted by Gasteiger charge is -2.31. The van der Waals surface area contributed by atoms with E-state index in [0.29, 0.717) is 24.0 Å². The Bertz CT molecular complexity index is 1100. The number of aryl methyl sites for hydroxylation is 3. The van der Waals surface area contributed by atoms with Gasteiger partial charge in [-0.25, -0.2) is 0 Å². The Labute approximate surface area is 191 Å². The van der Waals surface area contributed by atoms with Crippen molar-refractivity contribution in [2.24, 2.45) is 0 Å². The van der Waals surface area contributed by atoms with Crippen molar-refractivity contribution in [1.82, 2.24) is 25.0 Å². The molecule has 1 aliphatic heterocycles. The molecule has 3 aromatic rings. The van der Waals surface area contributed by atoms with Crippen LogP contribution in [0.3, 0.4) is 0 Å². The highest BCUT2D eigenvalue weighted by molar-refractivity contribution is 7.99. The van der Waals surface area contributed by atoms with Gasteiger partial charge < -0.3 is 14.6 Å². The highest BCUT2D eigenvalue weighted by Crippen LogP contribution is 2.25. The fourth-order valence-electron chi connectivity index (χ4n) is 3.86. The zero-order valence-electron chi connectivity index (χ0n) is 18.5. The Morgan fingerprint density at radius 2 is 1.94 bits per heavy atom. The molecule has 0 spiro atoms. The maximum absolute atomic E-state index is 12.6. The van der Waals surface area contributed by atoms with Crippen molar-refractivity contribution in [2.45, 2.75) is 44.8 Å². The van der Waals surface area contributed by atoms with E-state index in [2.05, 4.69) is 47.6 Å². The molecule has 0 aliphatic carbocycles. The molecule has 3 heterocycles. The summed E-state index contributed by atoms with van der Waals surface area (Å²) in [5.41, 5.74) is 3.31. The zero-order chi connectivity index (χ0) is 22.7. The first-order chi connectivity index (χ1) is 15.4. The van der Waals surface area contributed by atoms with Gasteiger partial charge in [0.25, 0.3) is 5.91 Å². The molecule has 0 radical (unpaired) electrons. The van der Waals surface area contributed by atoms with Crippen LogP contribution in [-0.4, -0.2) is 56.4 Å². The van der Waals surface area contributed by atoms with E-state index in [1.807, 2.05) is 11.5 Å². The minimum Gasteiger partial charge on any atom is -0.459 e. The molecule has 1 N–H and O–H groups in total. The summed E-state index contributed by atoms with van der Waals surface area (Å²) in [5, 5.41) is 12.3. The monoisotopic (exact) mass is 453 g/mol. The van der Waals surface area contributed by atoms with Crippen LogP contribution in [-0.2, 0) is 4.79 Å². The number of furan rings is 1. The third-order valence-corrected chi connectivity index (χ3v) is 6.54. The van der Waals surface area contributed by atoms with Crippen LogP contribution in [0.5, 0.6) is 0 Å². The summed E-state index contributed by atoms with van der Waals surface area (Å²) in [4.78, 5) is 26.7. The number of likely N-dealkylation sites (tertiary alicyclic amines) is 1. The molecule has 8 nitrogen and oxygen atoms in total. The lowest BCUT2D eigenvalue weighted by molar-refractivity contribution is -0.119. The van der Waals surface area contributed by atoms with Gasteiger partial charge in [0.1, 0.15) is 5.82 Å². The number of carbonyl (C=O) groups is 2. The van der Waals surface area contributed by atoms with E-state index in [0.717, 1.165) is 35.5 Å². The maximum Gasteiger partial charge on any atom is 0.289 e. The Morgan fingerprint density at radius 1 is 1.16 bits per heavy atom. The van der Waals surface area contributed by atoms with Crippen LogP contribution in [0.1, 0.15) is 40.3 Å². The smallest absolute Gasteiger partial charge is 0.289 e. The second-order valence-corrected chi connectivity index (χ2v) is 9.00. The van der Waals surface area contributed by atoms with Crippen molar-refractivity contribution < 1.29 is 14.0 Å². The fraction of sp³-hybridized carbons (Fsp3) is 0.391. The molecule has 32 heavy (non-hydrogen) atoms. The molecule has 168 valence electrons. The van der Waals surface area contributed by atoms with E-state index in [4.69, 9.17) is 4.42 Å². The van der Waals surface area contributed by atoms with E-state index in [1.54, 1.807) is 17.0 Å². The fourth-order valence-corrected chi connectivity index (χ4v) is 4.66. The summed E-state index contributed by atoms with van der Waals surface area (Å²) in [7, 11) is 0. The molecule has 2 amide bonds. The van der Waals surface area contributed by atoms with Gasteiger partial charge in [-0.3, -0.25) is 14.2 Å². The number of piperidine rings is 1. The van der Waals surface area contributed by atoms with Crippen molar-refractivity contribution in [3.63, 3.8) is 0 Å². The number of hydrogen-bond donors (Lipinski definition) is 1. The molecule has 0 saturated carbocycles. The Morgan fingerprint density at radius 3 is 2.66 bits per heavy atom. The molecule has 9 heteroatoms. The van der Waals surface area contributed by atoms with Crippen molar-refractivity contribution in [2.75, 3.05) is 18.8 Å². The molecule has 0 atom stereocenters. The molecule has 0 bridgehead atoms. The number of thioether (sulfide) groups is 1. The highest BCUT2D eigenvalue weighted by atomic mass is 32.2. The number of benzene rings is 1. The zero-order valence-corrected chi connectivity index (χ0v) is 19.3. The minimum absolute atomic E-state index is 0.0426. The second-order valence-electron chi connectivity index (χ2n) is 8.06. The number of hydrogen-bond acceptors (Lipinski definition) is 6. The van der Waals surface area contributed by atoms with E-state index in [-0.39, 0.29) is 23.6 Å². The second kappa shape index (κ2) is 9.60. The van der Waals surface area contributed by atoms with Gasteiger partial charge in [-0.1, -0.05) is 23.9 Å². The van der Waals surface area contributed by atoms with E-state index in [9.17, 15) is 9.59 Å². The molecular weight excluding hydrogens is 426 g/mol. The predicted molar refractivity (Wildman–Crippen MR) is 122 cm³/mol. The van der Waals surface area contributed by atoms with Crippen molar-refractivity contribution in [3.05, 3.63) is 59.3 Å². The maximum atomic E-state index is 12.6. The quantitative estimate of drug-likeness (QED) is 0.576. The van der Waals surface area contributed by atoms with Crippen LogP contribution in [0.25, 0.3) is 5.69 Å². The van der Waals surface area contributed by atoms with Crippen LogP contribution >= 0.6 is 11.8 Å². The van der Waals surface area contributed by atoms with Crippen molar-refractivity contribution in [1.29, 1.82) is 0 Å². The van der Waals surface area contributed by atoms with Crippen molar-refractivity contribution >= 4 is 23.6 Å². The summed E-state index contributed by atoms with van der Waals surface area (Å²) < 4.78 is 7.19. The molecule has 0 unspecified atom stereocenters. The first kappa shape index (κ1) is 22.1. The topological polar surface area (TPSA) is 93.3 Å². The molecule has 2 aromatic heterocycles. The van der Waals surface area contributed by atoms with Gasteiger partial charge in [0.2, 0.25) is 5.91 Å². The standard InChI is InChI=1S/C23H27N5O3S/c1-15-6-7-16(2)19(13-15)28-17(3)25-26-23(28)32-14-21(29)24-18-8-10-27(11-9-18)22(30)20-5-4-12-31-20/h4-7,12-13,18H,8-11,14H2,1-3H3,(H,24,29). The number of carbonyl (C=O) groups excluding carboxylic acids is 2. The number of aromatic nitrogens is 3. The van der Waals surface area contributed by atoms with Gasteiger partial charge in [0.05, 0.1) is 17.7 Å². The number of amides is 2. The molecular formula is C23H27N5O3S. The van der Waals surface area contributed by atoms with Gasteiger partial charge in [-0.15, -0.1) is 10.2 Å². The average Bonchev–Trinajstić information content (AvgIpc) is 3.44. The summed E-state index contributed by atoms with van der Waals surface area (Å²) in [6.45, 7) is 7.21. The van der Waals surface area contributed by atoms with Crippen LogP contribution in [0, 0.1) is 20.8 Å². The van der Waals surface area contributed by atoms with E-state index < -0.39 is 0 Å². The van der Waals surface area contributed by atoms with Gasteiger partial charge in [-0.05, 0) is 62.9 Å². The summed E-state index contributed by atoms with van der Waals surface area (Å²) in [6, 6.07) is 9.70. The Balaban J connectivity index is 1.31. The van der Waals surface area contributed by atoms with Crippen molar-refractivity contribution in [3.8, 4) is 5.69 Å². The van der Waals surface area contributed by atoms with Gasteiger partial charge in [0, 0.05) is 19.1 Å². The minimum atomic E-state index is -0.100. The summed E-state index contributed by atoms with van der Waals surface area (Å²) in [5.74, 6) is 1.26. The largest absolute Gasteiger partial charge is 0.459 e. The van der Waals surface area contributed by atoms with Crippen LogP contribution in [0.15, 0.2) is 46.2 Å². The highest BCUT2D eigenvalue weighted by Gasteiger charge is 2.26. The van der Waals surface area contributed by atoms with E-state index in [1.165, 1.54) is 18.0 Å². The molecule has 1 aromatic carbocycles. The number of nitrogens with zero attached hydrogens (tertiary/aromatic N) is 4. The number of rotatable bonds is 6. The normalized spacial score (nSPS) is 14.5. The van der Waals surface area contributed by atoms with Crippen LogP contribution in [0.2, 0.25) is 0 Å². The Hall–Kier alpha value is -3.07. The van der Waals surface area contributed by atoms with Gasteiger partial charge >= 0.3 is 0 Å². The third kappa shape index (κ3) is 4.88. The number of nitrogens with one attached hydrogen (secondary N) is 1. The molecule has 1 aliphatic rings. The third-order valence-electron chi connectivity index (χ3n) is 5.61. The lowest BCUT2D eigenvalue weighted by atomic mass is 10.0. The summed E-state index contributed by atoms with van der Waals surface area (Å²) >= 11 is 1.38. The Kier molecular flexibility index (Phi) is 6.64. The molecule has 1 saturated heterocycles.